The number of halogens is 1. The van der Waals surface area contributed by atoms with Crippen molar-refractivity contribution in [2.45, 2.75) is 33.7 Å². The van der Waals surface area contributed by atoms with Gasteiger partial charge >= 0.3 is 0 Å². The van der Waals surface area contributed by atoms with Crippen molar-refractivity contribution in [1.29, 1.82) is 0 Å². The van der Waals surface area contributed by atoms with Crippen LogP contribution in [0.3, 0.4) is 0 Å². The van der Waals surface area contributed by atoms with Crippen LogP contribution in [0.15, 0.2) is 18.2 Å². The Morgan fingerprint density at radius 3 is 2.47 bits per heavy atom. The first-order valence-corrected chi connectivity index (χ1v) is 6.43. The summed E-state index contributed by atoms with van der Waals surface area (Å²) in [5.74, 6) is -0.217. The summed E-state index contributed by atoms with van der Waals surface area (Å²) in [7, 11) is 1.92. The zero-order valence-electron chi connectivity index (χ0n) is 12.1. The van der Waals surface area contributed by atoms with Gasteiger partial charge < -0.3 is 5.32 Å². The van der Waals surface area contributed by atoms with Crippen LogP contribution in [-0.2, 0) is 7.05 Å². The van der Waals surface area contributed by atoms with Gasteiger partial charge in [-0.1, -0.05) is 12.1 Å². The van der Waals surface area contributed by atoms with Crippen LogP contribution < -0.4 is 5.32 Å². The van der Waals surface area contributed by atoms with E-state index in [1.54, 1.807) is 6.07 Å². The standard InChI is InChI=1S/C15H20FN3/c1-9-7-6-8-13(16)15(9)17-10(2)14-11(3)18-19(5)12(14)4/h6-8,10,17H,1-5H3. The number of benzene rings is 1. The predicted molar refractivity (Wildman–Crippen MR) is 75.9 cm³/mol. The molecule has 1 atom stereocenters. The van der Waals surface area contributed by atoms with E-state index in [4.69, 9.17) is 0 Å². The summed E-state index contributed by atoms with van der Waals surface area (Å²) in [6.07, 6.45) is 0. The second-order valence-corrected chi connectivity index (χ2v) is 5.01. The lowest BCUT2D eigenvalue weighted by Crippen LogP contribution is -2.11. The molecular weight excluding hydrogens is 241 g/mol. The van der Waals surface area contributed by atoms with Gasteiger partial charge in [-0.25, -0.2) is 4.39 Å². The Morgan fingerprint density at radius 2 is 1.95 bits per heavy atom. The Balaban J connectivity index is 2.33. The molecule has 0 aliphatic heterocycles. The maximum atomic E-state index is 13.8. The molecule has 2 rings (SSSR count). The monoisotopic (exact) mass is 261 g/mol. The first kappa shape index (κ1) is 13.6. The van der Waals surface area contributed by atoms with Gasteiger partial charge in [-0.15, -0.1) is 0 Å². The fraction of sp³-hybridized carbons (Fsp3) is 0.400. The van der Waals surface area contributed by atoms with Crippen LogP contribution in [0.2, 0.25) is 0 Å². The molecule has 1 aromatic carbocycles. The van der Waals surface area contributed by atoms with Gasteiger partial charge in [0.1, 0.15) is 5.82 Å². The summed E-state index contributed by atoms with van der Waals surface area (Å²) in [4.78, 5) is 0. The Bertz CT molecular complexity index is 581. The van der Waals surface area contributed by atoms with Crippen molar-refractivity contribution >= 4 is 5.69 Å². The van der Waals surface area contributed by atoms with Crippen molar-refractivity contribution in [3.05, 3.63) is 46.5 Å². The van der Waals surface area contributed by atoms with Crippen molar-refractivity contribution < 1.29 is 4.39 Å². The van der Waals surface area contributed by atoms with Crippen LogP contribution >= 0.6 is 0 Å². The highest BCUT2D eigenvalue weighted by molar-refractivity contribution is 5.53. The molecule has 0 aliphatic carbocycles. The minimum Gasteiger partial charge on any atom is -0.376 e. The third-order valence-corrected chi connectivity index (χ3v) is 3.58. The molecule has 0 aliphatic rings. The Kier molecular flexibility index (Phi) is 3.60. The SMILES string of the molecule is Cc1cccc(F)c1NC(C)c1c(C)nn(C)c1C. The third kappa shape index (κ3) is 2.48. The quantitative estimate of drug-likeness (QED) is 0.913. The molecule has 1 N–H and O–H groups in total. The van der Waals surface area contributed by atoms with Gasteiger partial charge in [-0.05, 0) is 39.3 Å². The van der Waals surface area contributed by atoms with E-state index in [1.807, 2.05) is 45.5 Å². The average Bonchev–Trinajstić information content (AvgIpc) is 2.58. The molecule has 0 fully saturated rings. The fourth-order valence-corrected chi connectivity index (χ4v) is 2.52. The van der Waals surface area contributed by atoms with Gasteiger partial charge in [-0.3, -0.25) is 4.68 Å². The van der Waals surface area contributed by atoms with Crippen LogP contribution in [0, 0.1) is 26.6 Å². The number of rotatable bonds is 3. The molecular formula is C15H20FN3. The molecule has 4 heteroatoms. The maximum Gasteiger partial charge on any atom is 0.146 e. The predicted octanol–water partition coefficient (Wildman–Crippen LogP) is 3.66. The van der Waals surface area contributed by atoms with E-state index >= 15 is 0 Å². The van der Waals surface area contributed by atoms with Crippen LogP contribution in [-0.4, -0.2) is 9.78 Å². The average molecular weight is 261 g/mol. The van der Waals surface area contributed by atoms with E-state index in [2.05, 4.69) is 10.4 Å². The highest BCUT2D eigenvalue weighted by Crippen LogP contribution is 2.27. The van der Waals surface area contributed by atoms with Crippen molar-refractivity contribution in [2.24, 2.45) is 7.05 Å². The molecule has 0 spiro atoms. The number of aryl methyl sites for hydroxylation is 3. The number of anilines is 1. The van der Waals surface area contributed by atoms with E-state index in [0.29, 0.717) is 5.69 Å². The van der Waals surface area contributed by atoms with Gasteiger partial charge in [0, 0.05) is 18.3 Å². The number of aromatic nitrogens is 2. The van der Waals surface area contributed by atoms with Crippen LogP contribution in [0.25, 0.3) is 0 Å². The molecule has 0 saturated heterocycles. The zero-order valence-corrected chi connectivity index (χ0v) is 12.1. The first-order chi connectivity index (χ1) is 8.91. The van der Waals surface area contributed by atoms with Crippen LogP contribution in [0.4, 0.5) is 10.1 Å². The highest BCUT2D eigenvalue weighted by atomic mass is 19.1. The minimum atomic E-state index is -0.217. The molecule has 19 heavy (non-hydrogen) atoms. The minimum absolute atomic E-state index is 0.0179. The van der Waals surface area contributed by atoms with E-state index in [0.717, 1.165) is 22.5 Å². The summed E-state index contributed by atoms with van der Waals surface area (Å²) in [6, 6.07) is 5.12. The normalized spacial score (nSPS) is 12.5. The molecule has 0 radical (unpaired) electrons. The van der Waals surface area contributed by atoms with Gasteiger partial charge in [0.25, 0.3) is 0 Å². The second-order valence-electron chi connectivity index (χ2n) is 5.01. The Hall–Kier alpha value is -1.84. The molecule has 102 valence electrons. The van der Waals surface area contributed by atoms with Crippen molar-refractivity contribution in [3.63, 3.8) is 0 Å². The Labute approximate surface area is 113 Å². The van der Waals surface area contributed by atoms with Crippen LogP contribution in [0.5, 0.6) is 0 Å². The number of para-hydroxylation sites is 1. The number of nitrogens with one attached hydrogen (secondary N) is 1. The summed E-state index contributed by atoms with van der Waals surface area (Å²) >= 11 is 0. The maximum absolute atomic E-state index is 13.8. The van der Waals surface area contributed by atoms with E-state index in [1.165, 1.54) is 6.07 Å². The molecule has 0 amide bonds. The number of nitrogens with zero attached hydrogens (tertiary/aromatic N) is 2. The van der Waals surface area contributed by atoms with Crippen molar-refractivity contribution in [1.82, 2.24) is 9.78 Å². The molecule has 0 saturated carbocycles. The number of hydrogen-bond acceptors (Lipinski definition) is 2. The van der Waals surface area contributed by atoms with Gasteiger partial charge in [-0.2, -0.15) is 5.10 Å². The summed E-state index contributed by atoms with van der Waals surface area (Å²) in [6.45, 7) is 7.94. The largest absolute Gasteiger partial charge is 0.376 e. The first-order valence-electron chi connectivity index (χ1n) is 6.43. The summed E-state index contributed by atoms with van der Waals surface area (Å²) < 4.78 is 15.7. The van der Waals surface area contributed by atoms with Gasteiger partial charge in [0.05, 0.1) is 17.4 Å². The van der Waals surface area contributed by atoms with Crippen LogP contribution in [0.1, 0.15) is 35.5 Å². The molecule has 1 aromatic heterocycles. The van der Waals surface area contributed by atoms with Crippen molar-refractivity contribution in [2.75, 3.05) is 5.32 Å². The van der Waals surface area contributed by atoms with E-state index < -0.39 is 0 Å². The fourth-order valence-electron chi connectivity index (χ4n) is 2.52. The Morgan fingerprint density at radius 1 is 1.26 bits per heavy atom. The van der Waals surface area contributed by atoms with E-state index in [9.17, 15) is 4.39 Å². The second kappa shape index (κ2) is 5.03. The van der Waals surface area contributed by atoms with Gasteiger partial charge in [0.15, 0.2) is 0 Å². The summed E-state index contributed by atoms with van der Waals surface area (Å²) in [5.41, 5.74) is 4.69. The van der Waals surface area contributed by atoms with E-state index in [-0.39, 0.29) is 11.9 Å². The summed E-state index contributed by atoms with van der Waals surface area (Å²) in [5, 5.41) is 7.66. The lowest BCUT2D eigenvalue weighted by molar-refractivity contribution is 0.626. The van der Waals surface area contributed by atoms with Crippen molar-refractivity contribution in [3.8, 4) is 0 Å². The molecule has 1 unspecified atom stereocenters. The smallest absolute Gasteiger partial charge is 0.146 e. The molecule has 1 heterocycles. The molecule has 0 bridgehead atoms. The zero-order chi connectivity index (χ0) is 14.2. The lowest BCUT2D eigenvalue weighted by atomic mass is 10.1. The molecule has 3 nitrogen and oxygen atoms in total. The lowest BCUT2D eigenvalue weighted by Gasteiger charge is -2.18. The topological polar surface area (TPSA) is 29.9 Å². The third-order valence-electron chi connectivity index (χ3n) is 3.58. The van der Waals surface area contributed by atoms with Gasteiger partial charge in [0.2, 0.25) is 0 Å². The molecule has 2 aromatic rings. The highest BCUT2D eigenvalue weighted by Gasteiger charge is 2.17. The number of hydrogen-bond donors (Lipinski definition) is 1.